The molecule has 2 N–H and O–H groups in total. The fourth-order valence-corrected chi connectivity index (χ4v) is 3.08. The zero-order chi connectivity index (χ0) is 12.2. The van der Waals surface area contributed by atoms with Crippen molar-refractivity contribution in [1.82, 2.24) is 0 Å². The number of para-hydroxylation sites is 1. The van der Waals surface area contributed by atoms with Gasteiger partial charge < -0.3 is 10.5 Å². The molecule has 1 fully saturated rings. The summed E-state index contributed by atoms with van der Waals surface area (Å²) in [5.74, 6) is 2.42. The lowest BCUT2D eigenvalue weighted by atomic mass is 9.98. The van der Waals surface area contributed by atoms with Crippen LogP contribution >= 0.6 is 0 Å². The molecule has 3 rings (SSSR count). The van der Waals surface area contributed by atoms with Crippen molar-refractivity contribution in [2.75, 3.05) is 0 Å². The summed E-state index contributed by atoms with van der Waals surface area (Å²) in [6.45, 7) is 6.43. The molecule has 2 aliphatic rings. The number of ether oxygens (including phenoxy) is 1. The summed E-state index contributed by atoms with van der Waals surface area (Å²) in [4.78, 5) is 0. The summed E-state index contributed by atoms with van der Waals surface area (Å²) < 4.78 is 6.11. The van der Waals surface area contributed by atoms with Crippen LogP contribution in [0.25, 0.3) is 0 Å². The van der Waals surface area contributed by atoms with Crippen LogP contribution in [0.1, 0.15) is 44.2 Å². The van der Waals surface area contributed by atoms with Crippen molar-refractivity contribution in [3.8, 4) is 5.75 Å². The molecular weight excluding hydrogens is 210 g/mol. The molecule has 17 heavy (non-hydrogen) atoms. The van der Waals surface area contributed by atoms with Gasteiger partial charge in [0.2, 0.25) is 0 Å². The van der Waals surface area contributed by atoms with Gasteiger partial charge in [-0.05, 0) is 50.2 Å². The molecule has 0 amide bonds. The van der Waals surface area contributed by atoms with E-state index in [2.05, 4.69) is 39.0 Å². The van der Waals surface area contributed by atoms with E-state index in [1.54, 1.807) is 0 Å². The molecule has 0 spiro atoms. The van der Waals surface area contributed by atoms with Crippen LogP contribution in [0.15, 0.2) is 18.2 Å². The second kappa shape index (κ2) is 3.49. The van der Waals surface area contributed by atoms with Gasteiger partial charge in [-0.25, -0.2) is 0 Å². The molecule has 0 radical (unpaired) electrons. The van der Waals surface area contributed by atoms with Crippen molar-refractivity contribution < 1.29 is 4.74 Å². The number of hydrogen-bond donors (Lipinski definition) is 1. The first-order chi connectivity index (χ1) is 7.98. The Morgan fingerprint density at radius 3 is 2.82 bits per heavy atom. The lowest BCUT2D eigenvalue weighted by Gasteiger charge is -2.18. The summed E-state index contributed by atoms with van der Waals surface area (Å²) in [6.07, 6.45) is 2.24. The number of hydrogen-bond acceptors (Lipinski definition) is 2. The van der Waals surface area contributed by atoms with Gasteiger partial charge in [0, 0.05) is 12.5 Å². The molecule has 1 aromatic rings. The van der Waals surface area contributed by atoms with Crippen LogP contribution in [-0.2, 0) is 6.42 Å². The molecule has 2 heteroatoms. The topological polar surface area (TPSA) is 35.2 Å². The lowest BCUT2D eigenvalue weighted by Crippen LogP contribution is -2.25. The molecule has 1 aromatic carbocycles. The third-order valence-electron chi connectivity index (χ3n) is 4.04. The quantitative estimate of drug-likeness (QED) is 0.849. The van der Waals surface area contributed by atoms with E-state index in [-0.39, 0.29) is 5.60 Å². The molecule has 2 nitrogen and oxygen atoms in total. The van der Waals surface area contributed by atoms with Gasteiger partial charge >= 0.3 is 0 Å². The van der Waals surface area contributed by atoms with Gasteiger partial charge in [-0.1, -0.05) is 18.2 Å². The van der Waals surface area contributed by atoms with Crippen LogP contribution in [0.3, 0.4) is 0 Å². The monoisotopic (exact) mass is 231 g/mol. The minimum Gasteiger partial charge on any atom is -0.487 e. The van der Waals surface area contributed by atoms with Gasteiger partial charge in [-0.15, -0.1) is 0 Å². The first kappa shape index (κ1) is 11.1. The van der Waals surface area contributed by atoms with Crippen molar-refractivity contribution in [2.24, 2.45) is 11.7 Å². The summed E-state index contributed by atoms with van der Waals surface area (Å²) in [7, 11) is 0. The van der Waals surface area contributed by atoms with Crippen molar-refractivity contribution in [3.05, 3.63) is 29.3 Å². The Morgan fingerprint density at radius 1 is 1.41 bits per heavy atom. The molecule has 0 bridgehead atoms. The second-order valence-corrected chi connectivity index (χ2v) is 6.24. The highest BCUT2D eigenvalue weighted by Gasteiger charge is 2.44. The minimum atomic E-state index is -0.0445. The Labute approximate surface area is 103 Å². The molecule has 0 aromatic heterocycles. The third-order valence-corrected chi connectivity index (χ3v) is 4.04. The molecule has 1 aliphatic carbocycles. The van der Waals surface area contributed by atoms with E-state index in [0.717, 1.165) is 12.2 Å². The number of fused-ring (bicyclic) bond motifs is 1. The SMILES string of the molecule is CC(N)C1CC1c1cccc2c1OC(C)(C)C2. The zero-order valence-electron chi connectivity index (χ0n) is 10.9. The smallest absolute Gasteiger partial charge is 0.126 e. The summed E-state index contributed by atoms with van der Waals surface area (Å²) >= 11 is 0. The third kappa shape index (κ3) is 1.85. The van der Waals surface area contributed by atoms with E-state index in [4.69, 9.17) is 10.5 Å². The van der Waals surface area contributed by atoms with Gasteiger partial charge in [-0.3, -0.25) is 0 Å². The fourth-order valence-electron chi connectivity index (χ4n) is 3.08. The van der Waals surface area contributed by atoms with Gasteiger partial charge in [0.25, 0.3) is 0 Å². The summed E-state index contributed by atoms with van der Waals surface area (Å²) in [5, 5.41) is 0. The Morgan fingerprint density at radius 2 is 2.18 bits per heavy atom. The predicted octanol–water partition coefficient (Wildman–Crippen LogP) is 2.85. The van der Waals surface area contributed by atoms with Crippen LogP contribution in [0.4, 0.5) is 0 Å². The van der Waals surface area contributed by atoms with Gasteiger partial charge in [0.05, 0.1) is 0 Å². The predicted molar refractivity (Wildman–Crippen MR) is 69.4 cm³/mol. The minimum absolute atomic E-state index is 0.0445. The van der Waals surface area contributed by atoms with E-state index in [9.17, 15) is 0 Å². The highest BCUT2D eigenvalue weighted by molar-refractivity contribution is 5.49. The maximum Gasteiger partial charge on any atom is 0.126 e. The molecule has 1 heterocycles. The van der Waals surface area contributed by atoms with E-state index in [0.29, 0.717) is 17.9 Å². The van der Waals surface area contributed by atoms with Crippen LogP contribution in [0.2, 0.25) is 0 Å². The van der Waals surface area contributed by atoms with Gasteiger partial charge in [-0.2, -0.15) is 0 Å². The van der Waals surface area contributed by atoms with E-state index >= 15 is 0 Å². The first-order valence-electron chi connectivity index (χ1n) is 6.54. The number of benzene rings is 1. The normalized spacial score (nSPS) is 30.6. The Bertz CT molecular complexity index is 450. The fraction of sp³-hybridized carbons (Fsp3) is 0.600. The van der Waals surface area contributed by atoms with E-state index in [1.165, 1.54) is 17.5 Å². The first-order valence-corrected chi connectivity index (χ1v) is 6.54. The standard InChI is InChI=1S/C15H21NO/c1-9(16)12-7-13(12)11-6-4-5-10-8-15(2,3)17-14(10)11/h4-6,9,12-13H,7-8,16H2,1-3H3. The van der Waals surface area contributed by atoms with Crippen LogP contribution in [0.5, 0.6) is 5.75 Å². The van der Waals surface area contributed by atoms with Crippen molar-refractivity contribution in [1.29, 1.82) is 0 Å². The van der Waals surface area contributed by atoms with Gasteiger partial charge in [0.15, 0.2) is 0 Å². The Balaban J connectivity index is 1.92. The van der Waals surface area contributed by atoms with Crippen molar-refractivity contribution >= 4 is 0 Å². The Kier molecular flexibility index (Phi) is 2.27. The molecular formula is C15H21NO. The van der Waals surface area contributed by atoms with Crippen LogP contribution in [0, 0.1) is 5.92 Å². The van der Waals surface area contributed by atoms with Gasteiger partial charge in [0.1, 0.15) is 11.4 Å². The molecule has 1 aliphatic heterocycles. The van der Waals surface area contributed by atoms with Crippen LogP contribution < -0.4 is 10.5 Å². The number of rotatable bonds is 2. The highest BCUT2D eigenvalue weighted by Crippen LogP contribution is 2.54. The maximum atomic E-state index is 6.11. The average Bonchev–Trinajstić information content (AvgIpc) is 2.94. The van der Waals surface area contributed by atoms with Crippen LogP contribution in [-0.4, -0.2) is 11.6 Å². The molecule has 92 valence electrons. The second-order valence-electron chi connectivity index (χ2n) is 6.24. The van der Waals surface area contributed by atoms with E-state index in [1.807, 2.05) is 0 Å². The van der Waals surface area contributed by atoms with Crippen molar-refractivity contribution in [3.63, 3.8) is 0 Å². The largest absolute Gasteiger partial charge is 0.487 e. The molecule has 3 atom stereocenters. The van der Waals surface area contributed by atoms with E-state index < -0.39 is 0 Å². The number of nitrogens with two attached hydrogens (primary N) is 1. The highest BCUT2D eigenvalue weighted by atomic mass is 16.5. The maximum absolute atomic E-state index is 6.11. The zero-order valence-corrected chi connectivity index (χ0v) is 10.9. The molecule has 1 saturated carbocycles. The molecule has 3 unspecified atom stereocenters. The Hall–Kier alpha value is -1.02. The summed E-state index contributed by atoms with van der Waals surface area (Å²) in [6, 6.07) is 6.87. The van der Waals surface area contributed by atoms with Crippen molar-refractivity contribution in [2.45, 2.75) is 51.2 Å². The summed E-state index contributed by atoms with van der Waals surface area (Å²) in [5.41, 5.74) is 8.69. The average molecular weight is 231 g/mol. The molecule has 0 saturated heterocycles. The lowest BCUT2D eigenvalue weighted by molar-refractivity contribution is 0.137.